The highest BCUT2D eigenvalue weighted by atomic mass is 79.9. The second-order valence-corrected chi connectivity index (χ2v) is 5.78. The Balaban J connectivity index is 1.87. The lowest BCUT2D eigenvalue weighted by Gasteiger charge is -2.11. The fourth-order valence-corrected chi connectivity index (χ4v) is 2.96. The fourth-order valence-electron chi connectivity index (χ4n) is 2.13. The van der Waals surface area contributed by atoms with Crippen molar-refractivity contribution in [3.05, 3.63) is 69.9 Å². The first-order chi connectivity index (χ1) is 9.74. The van der Waals surface area contributed by atoms with E-state index in [9.17, 15) is 0 Å². The van der Waals surface area contributed by atoms with Crippen LogP contribution in [0, 0.1) is 0 Å². The van der Waals surface area contributed by atoms with Gasteiger partial charge in [-0.05, 0) is 29.8 Å². The van der Waals surface area contributed by atoms with Gasteiger partial charge in [0.05, 0.1) is 0 Å². The summed E-state index contributed by atoms with van der Waals surface area (Å²) in [4.78, 5) is 4.15. The van der Waals surface area contributed by atoms with Crippen LogP contribution in [0.15, 0.2) is 59.3 Å². The number of nitrogens with zero attached hydrogens (tertiary/aromatic N) is 1. The van der Waals surface area contributed by atoms with Crippen LogP contribution in [0.4, 0.5) is 5.69 Å². The lowest BCUT2D eigenvalue weighted by molar-refractivity contribution is 1.14. The molecule has 2 aromatic carbocycles. The zero-order valence-corrected chi connectivity index (χ0v) is 12.9. The van der Waals surface area contributed by atoms with E-state index >= 15 is 0 Å². The van der Waals surface area contributed by atoms with Gasteiger partial charge >= 0.3 is 0 Å². The van der Waals surface area contributed by atoms with Gasteiger partial charge in [-0.1, -0.05) is 45.7 Å². The fraction of sp³-hybridized carbons (Fsp3) is 0.0625. The SMILES string of the molecule is Clc1ccc(CNc2cccc3cnccc23)c(Br)c1. The van der Waals surface area contributed by atoms with E-state index in [2.05, 4.69) is 38.4 Å². The Morgan fingerprint density at radius 3 is 2.90 bits per heavy atom. The van der Waals surface area contributed by atoms with E-state index in [0.29, 0.717) is 0 Å². The van der Waals surface area contributed by atoms with Crippen LogP contribution >= 0.6 is 27.5 Å². The van der Waals surface area contributed by atoms with Gasteiger partial charge in [0.25, 0.3) is 0 Å². The van der Waals surface area contributed by atoms with Crippen LogP contribution in [0.5, 0.6) is 0 Å². The molecule has 1 heterocycles. The molecule has 0 radical (unpaired) electrons. The summed E-state index contributed by atoms with van der Waals surface area (Å²) in [5.74, 6) is 0. The molecular weight excluding hydrogens is 336 g/mol. The molecule has 3 aromatic rings. The molecule has 0 aliphatic heterocycles. The Hall–Kier alpha value is -1.58. The molecule has 0 amide bonds. The molecular formula is C16H12BrClN2. The van der Waals surface area contributed by atoms with E-state index in [1.807, 2.05) is 42.7 Å². The van der Waals surface area contributed by atoms with Crippen molar-refractivity contribution in [2.75, 3.05) is 5.32 Å². The number of fused-ring (bicyclic) bond motifs is 1. The maximum atomic E-state index is 5.95. The molecule has 1 N–H and O–H groups in total. The second kappa shape index (κ2) is 5.81. The Morgan fingerprint density at radius 2 is 2.05 bits per heavy atom. The molecule has 20 heavy (non-hydrogen) atoms. The average molecular weight is 348 g/mol. The highest BCUT2D eigenvalue weighted by Crippen LogP contribution is 2.25. The van der Waals surface area contributed by atoms with Gasteiger partial charge < -0.3 is 5.32 Å². The molecule has 0 spiro atoms. The minimum absolute atomic E-state index is 0.733. The van der Waals surface area contributed by atoms with Gasteiger partial charge in [-0.25, -0.2) is 0 Å². The maximum absolute atomic E-state index is 5.95. The summed E-state index contributed by atoms with van der Waals surface area (Å²) in [5.41, 5.74) is 2.27. The molecule has 0 bridgehead atoms. The first-order valence-electron chi connectivity index (χ1n) is 6.24. The molecule has 2 nitrogen and oxygen atoms in total. The number of pyridine rings is 1. The van der Waals surface area contributed by atoms with Crippen molar-refractivity contribution >= 4 is 44.0 Å². The zero-order valence-electron chi connectivity index (χ0n) is 10.6. The molecule has 0 saturated heterocycles. The Bertz CT molecular complexity index is 753. The van der Waals surface area contributed by atoms with Crippen molar-refractivity contribution in [3.63, 3.8) is 0 Å². The lowest BCUT2D eigenvalue weighted by Crippen LogP contribution is -2.00. The molecule has 0 aliphatic carbocycles. The van der Waals surface area contributed by atoms with Gasteiger partial charge in [-0.15, -0.1) is 0 Å². The molecule has 0 saturated carbocycles. The van der Waals surface area contributed by atoms with E-state index in [4.69, 9.17) is 11.6 Å². The molecule has 3 rings (SSSR count). The van der Waals surface area contributed by atoms with Crippen molar-refractivity contribution in [1.82, 2.24) is 4.98 Å². The van der Waals surface area contributed by atoms with Crippen LogP contribution in [0.2, 0.25) is 5.02 Å². The number of anilines is 1. The van der Waals surface area contributed by atoms with E-state index in [-0.39, 0.29) is 0 Å². The molecule has 4 heteroatoms. The van der Waals surface area contributed by atoms with Crippen molar-refractivity contribution in [3.8, 4) is 0 Å². The van der Waals surface area contributed by atoms with Gasteiger partial charge in [0, 0.05) is 44.9 Å². The van der Waals surface area contributed by atoms with Crippen molar-refractivity contribution in [1.29, 1.82) is 0 Å². The summed E-state index contributed by atoms with van der Waals surface area (Å²) in [5, 5.41) is 6.50. The lowest BCUT2D eigenvalue weighted by atomic mass is 10.1. The summed E-state index contributed by atoms with van der Waals surface area (Å²) < 4.78 is 1.01. The van der Waals surface area contributed by atoms with Crippen LogP contribution in [0.3, 0.4) is 0 Å². The normalized spacial score (nSPS) is 10.7. The van der Waals surface area contributed by atoms with Gasteiger partial charge in [0.15, 0.2) is 0 Å². The van der Waals surface area contributed by atoms with Crippen LogP contribution in [0.1, 0.15) is 5.56 Å². The first-order valence-corrected chi connectivity index (χ1v) is 7.42. The molecule has 1 aromatic heterocycles. The van der Waals surface area contributed by atoms with Gasteiger partial charge in [-0.2, -0.15) is 0 Å². The third-order valence-electron chi connectivity index (χ3n) is 3.17. The first kappa shape index (κ1) is 13.4. The Labute approximate surface area is 130 Å². The summed E-state index contributed by atoms with van der Waals surface area (Å²) >= 11 is 9.49. The number of hydrogen-bond donors (Lipinski definition) is 1. The predicted octanol–water partition coefficient (Wildman–Crippen LogP) is 5.26. The van der Waals surface area contributed by atoms with Gasteiger partial charge in [0.1, 0.15) is 0 Å². The number of aromatic nitrogens is 1. The standard InChI is InChI=1S/C16H12BrClN2/c17-15-8-13(18)5-4-12(15)10-20-16-3-1-2-11-9-19-7-6-14(11)16/h1-9,20H,10H2. The van der Waals surface area contributed by atoms with E-state index in [1.54, 1.807) is 0 Å². The van der Waals surface area contributed by atoms with E-state index < -0.39 is 0 Å². The Kier molecular flexibility index (Phi) is 3.90. The predicted molar refractivity (Wildman–Crippen MR) is 88.2 cm³/mol. The van der Waals surface area contributed by atoms with Crippen molar-refractivity contribution < 1.29 is 0 Å². The molecule has 0 atom stereocenters. The van der Waals surface area contributed by atoms with Crippen LogP contribution in [0.25, 0.3) is 10.8 Å². The van der Waals surface area contributed by atoms with Crippen molar-refractivity contribution in [2.24, 2.45) is 0 Å². The van der Waals surface area contributed by atoms with E-state index in [0.717, 1.165) is 27.1 Å². The van der Waals surface area contributed by atoms with Crippen LogP contribution < -0.4 is 5.32 Å². The molecule has 0 aliphatic rings. The Morgan fingerprint density at radius 1 is 1.15 bits per heavy atom. The maximum Gasteiger partial charge on any atom is 0.0423 e. The topological polar surface area (TPSA) is 24.9 Å². The summed E-state index contributed by atoms with van der Waals surface area (Å²) in [7, 11) is 0. The minimum atomic E-state index is 0.733. The largest absolute Gasteiger partial charge is 0.380 e. The summed E-state index contributed by atoms with van der Waals surface area (Å²) in [6.45, 7) is 0.735. The minimum Gasteiger partial charge on any atom is -0.380 e. The number of nitrogens with one attached hydrogen (secondary N) is 1. The van der Waals surface area contributed by atoms with Gasteiger partial charge in [0.2, 0.25) is 0 Å². The zero-order chi connectivity index (χ0) is 13.9. The quantitative estimate of drug-likeness (QED) is 0.699. The average Bonchev–Trinajstić information content (AvgIpc) is 2.46. The smallest absolute Gasteiger partial charge is 0.0423 e. The summed E-state index contributed by atoms with van der Waals surface area (Å²) in [6.07, 6.45) is 3.68. The van der Waals surface area contributed by atoms with Crippen LogP contribution in [-0.2, 0) is 6.54 Å². The van der Waals surface area contributed by atoms with E-state index in [1.165, 1.54) is 10.9 Å². The van der Waals surface area contributed by atoms with Gasteiger partial charge in [-0.3, -0.25) is 4.98 Å². The summed E-state index contributed by atoms with van der Waals surface area (Å²) in [6, 6.07) is 14.0. The molecule has 100 valence electrons. The highest BCUT2D eigenvalue weighted by Gasteiger charge is 2.03. The number of rotatable bonds is 3. The molecule has 0 fully saturated rings. The number of halogens is 2. The second-order valence-electron chi connectivity index (χ2n) is 4.49. The third-order valence-corrected chi connectivity index (χ3v) is 4.14. The molecule has 0 unspecified atom stereocenters. The van der Waals surface area contributed by atoms with Crippen LogP contribution in [-0.4, -0.2) is 4.98 Å². The monoisotopic (exact) mass is 346 g/mol. The third kappa shape index (κ3) is 2.79. The highest BCUT2D eigenvalue weighted by molar-refractivity contribution is 9.10. The van der Waals surface area contributed by atoms with Crippen molar-refractivity contribution in [2.45, 2.75) is 6.54 Å². The number of benzene rings is 2. The number of hydrogen-bond acceptors (Lipinski definition) is 2.